The van der Waals surface area contributed by atoms with Crippen LogP contribution < -0.4 is 5.43 Å². The summed E-state index contributed by atoms with van der Waals surface area (Å²) < 4.78 is 1.85. The summed E-state index contributed by atoms with van der Waals surface area (Å²) in [4.78, 5) is 16.4. The second-order valence-electron chi connectivity index (χ2n) is 6.57. The highest BCUT2D eigenvalue weighted by atomic mass is 35.5. The maximum Gasteiger partial charge on any atom is 0.271 e. The van der Waals surface area contributed by atoms with Gasteiger partial charge in [0.2, 0.25) is 0 Å². The lowest BCUT2D eigenvalue weighted by atomic mass is 10.1. The number of rotatable bonds is 6. The number of pyridine rings is 1. The minimum atomic E-state index is -0.339. The Hall–Kier alpha value is -3.77. The Bertz CT molecular complexity index is 1170. The van der Waals surface area contributed by atoms with Gasteiger partial charge in [0, 0.05) is 40.3 Å². The number of amides is 1. The van der Waals surface area contributed by atoms with Gasteiger partial charge in [-0.15, -0.1) is 0 Å². The van der Waals surface area contributed by atoms with Gasteiger partial charge in [-0.25, -0.2) is 5.43 Å². The summed E-state index contributed by atoms with van der Waals surface area (Å²) >= 11 is 5.94. The summed E-state index contributed by atoms with van der Waals surface area (Å²) in [5.41, 5.74) is 6.48. The van der Waals surface area contributed by atoms with E-state index in [4.69, 9.17) is 16.7 Å². The van der Waals surface area contributed by atoms with Gasteiger partial charge in [0.25, 0.3) is 5.91 Å². The lowest BCUT2D eigenvalue weighted by molar-refractivity contribution is 0.0955. The minimum absolute atomic E-state index is 0.339. The largest absolute Gasteiger partial charge is 0.271 e. The van der Waals surface area contributed by atoms with E-state index in [-0.39, 0.29) is 5.91 Å². The molecule has 148 valence electrons. The summed E-state index contributed by atoms with van der Waals surface area (Å²) in [6, 6.07) is 20.5. The second-order valence-corrected chi connectivity index (χ2v) is 7.00. The quantitative estimate of drug-likeness (QED) is 0.374. The number of hydrazone groups is 1. The second kappa shape index (κ2) is 9.15. The van der Waals surface area contributed by atoms with E-state index in [1.54, 1.807) is 42.9 Å². The molecule has 2 aromatic heterocycles. The number of aromatic nitrogens is 3. The summed E-state index contributed by atoms with van der Waals surface area (Å²) in [5.74, 6) is -0.339. The van der Waals surface area contributed by atoms with Crippen molar-refractivity contribution < 1.29 is 4.79 Å². The maximum atomic E-state index is 12.3. The van der Waals surface area contributed by atoms with Crippen LogP contribution in [0, 0.1) is 0 Å². The first-order chi connectivity index (χ1) is 14.7. The molecule has 2 aromatic carbocycles. The first-order valence-electron chi connectivity index (χ1n) is 9.30. The fourth-order valence-corrected chi connectivity index (χ4v) is 3.15. The van der Waals surface area contributed by atoms with Gasteiger partial charge in [0.1, 0.15) is 5.69 Å². The van der Waals surface area contributed by atoms with Crippen LogP contribution in [0.5, 0.6) is 0 Å². The van der Waals surface area contributed by atoms with Gasteiger partial charge in [-0.3, -0.25) is 14.5 Å². The Balaban J connectivity index is 1.57. The molecular weight excluding hydrogens is 398 g/mol. The van der Waals surface area contributed by atoms with Crippen molar-refractivity contribution in [3.63, 3.8) is 0 Å². The fraction of sp³-hybridized carbons (Fsp3) is 0.0435. The Morgan fingerprint density at radius 2 is 1.97 bits per heavy atom. The third-order valence-electron chi connectivity index (χ3n) is 4.37. The van der Waals surface area contributed by atoms with Crippen LogP contribution in [-0.4, -0.2) is 26.9 Å². The number of carbonyl (C=O) groups excluding carboxylic acids is 1. The number of benzene rings is 2. The summed E-state index contributed by atoms with van der Waals surface area (Å²) in [6.45, 7) is 0.622. The van der Waals surface area contributed by atoms with Crippen molar-refractivity contribution in [3.8, 4) is 11.3 Å². The van der Waals surface area contributed by atoms with Gasteiger partial charge in [0.05, 0.1) is 12.8 Å². The lowest BCUT2D eigenvalue weighted by Gasteiger charge is -2.01. The van der Waals surface area contributed by atoms with Gasteiger partial charge < -0.3 is 0 Å². The van der Waals surface area contributed by atoms with Crippen LogP contribution in [0.15, 0.2) is 90.4 Å². The molecule has 7 heteroatoms. The highest BCUT2D eigenvalue weighted by molar-refractivity contribution is 6.30. The normalized spacial score (nSPS) is 11.0. The molecule has 0 spiro atoms. The van der Waals surface area contributed by atoms with Crippen LogP contribution in [0.25, 0.3) is 11.3 Å². The molecule has 0 saturated carbocycles. The van der Waals surface area contributed by atoms with Crippen molar-refractivity contribution in [1.82, 2.24) is 20.2 Å². The molecule has 0 fully saturated rings. The van der Waals surface area contributed by atoms with E-state index in [0.717, 1.165) is 22.4 Å². The molecule has 1 N–H and O–H groups in total. The fourth-order valence-electron chi connectivity index (χ4n) is 2.96. The van der Waals surface area contributed by atoms with Crippen LogP contribution in [-0.2, 0) is 6.54 Å². The lowest BCUT2D eigenvalue weighted by Crippen LogP contribution is -2.17. The molecule has 1 amide bonds. The summed E-state index contributed by atoms with van der Waals surface area (Å²) in [7, 11) is 0. The van der Waals surface area contributed by atoms with Crippen LogP contribution in [0.1, 0.15) is 21.5 Å². The van der Waals surface area contributed by atoms with E-state index in [9.17, 15) is 4.79 Å². The van der Waals surface area contributed by atoms with Crippen LogP contribution in [0.2, 0.25) is 5.02 Å². The molecular formula is C23H18ClN5O. The number of halogens is 1. The number of nitrogens with zero attached hydrogens (tertiary/aromatic N) is 4. The van der Waals surface area contributed by atoms with Gasteiger partial charge >= 0.3 is 0 Å². The standard InChI is InChI=1S/C23H18ClN5O/c24-21-10-4-8-18(12-21)23(30)27-26-14-20-16-29(15-17-6-2-1-3-7-17)28-22(20)19-9-5-11-25-13-19/h1-14,16H,15H2,(H,27,30)/b26-14-. The monoisotopic (exact) mass is 415 g/mol. The van der Waals surface area contributed by atoms with E-state index in [0.29, 0.717) is 17.1 Å². The number of nitrogens with one attached hydrogen (secondary N) is 1. The molecule has 0 aliphatic heterocycles. The molecule has 0 saturated heterocycles. The van der Waals surface area contributed by atoms with Crippen LogP contribution in [0.4, 0.5) is 0 Å². The average Bonchev–Trinajstić information content (AvgIpc) is 3.17. The summed E-state index contributed by atoms with van der Waals surface area (Å²) in [6.07, 6.45) is 6.93. The molecule has 30 heavy (non-hydrogen) atoms. The zero-order chi connectivity index (χ0) is 20.8. The van der Waals surface area contributed by atoms with Crippen molar-refractivity contribution in [2.24, 2.45) is 5.10 Å². The smallest absolute Gasteiger partial charge is 0.267 e. The summed E-state index contributed by atoms with van der Waals surface area (Å²) in [5, 5.41) is 9.30. The molecule has 0 radical (unpaired) electrons. The van der Waals surface area contributed by atoms with Crippen LogP contribution in [0.3, 0.4) is 0 Å². The van der Waals surface area contributed by atoms with Gasteiger partial charge in [-0.1, -0.05) is 48.0 Å². The third-order valence-corrected chi connectivity index (χ3v) is 4.60. The number of carbonyl (C=O) groups is 1. The van der Waals surface area contributed by atoms with E-state index in [2.05, 4.69) is 15.5 Å². The SMILES string of the molecule is O=C(N/N=C\c1cn(Cc2ccccc2)nc1-c1cccnc1)c1cccc(Cl)c1. The molecule has 0 aliphatic rings. The predicted octanol–water partition coefficient (Wildman–Crippen LogP) is 4.41. The predicted molar refractivity (Wildman–Crippen MR) is 118 cm³/mol. The van der Waals surface area contributed by atoms with Gasteiger partial charge in [-0.2, -0.15) is 10.2 Å². The Kier molecular flexibility index (Phi) is 5.96. The van der Waals surface area contributed by atoms with E-state index >= 15 is 0 Å². The maximum absolute atomic E-state index is 12.3. The molecule has 4 aromatic rings. The number of hydrogen-bond acceptors (Lipinski definition) is 4. The molecule has 0 bridgehead atoms. The highest BCUT2D eigenvalue weighted by Crippen LogP contribution is 2.20. The van der Waals surface area contributed by atoms with E-state index < -0.39 is 0 Å². The first kappa shape index (κ1) is 19.5. The Morgan fingerprint density at radius 3 is 2.73 bits per heavy atom. The zero-order valence-electron chi connectivity index (χ0n) is 15.9. The van der Waals surface area contributed by atoms with E-state index in [1.807, 2.05) is 53.3 Å². The van der Waals surface area contributed by atoms with Crippen molar-refractivity contribution >= 4 is 23.7 Å². The van der Waals surface area contributed by atoms with Crippen LogP contribution >= 0.6 is 11.6 Å². The van der Waals surface area contributed by atoms with Crippen molar-refractivity contribution in [2.45, 2.75) is 6.54 Å². The average molecular weight is 416 g/mol. The van der Waals surface area contributed by atoms with Crippen molar-refractivity contribution in [1.29, 1.82) is 0 Å². The van der Waals surface area contributed by atoms with E-state index in [1.165, 1.54) is 0 Å². The molecule has 4 rings (SSSR count). The molecule has 6 nitrogen and oxygen atoms in total. The molecule has 0 unspecified atom stereocenters. The Morgan fingerprint density at radius 1 is 1.10 bits per heavy atom. The molecule has 0 aliphatic carbocycles. The number of hydrogen-bond donors (Lipinski definition) is 1. The Labute approximate surface area is 178 Å². The zero-order valence-corrected chi connectivity index (χ0v) is 16.7. The molecule has 2 heterocycles. The highest BCUT2D eigenvalue weighted by Gasteiger charge is 2.11. The third kappa shape index (κ3) is 4.79. The minimum Gasteiger partial charge on any atom is -0.267 e. The molecule has 0 atom stereocenters. The van der Waals surface area contributed by atoms with Gasteiger partial charge in [0.15, 0.2) is 0 Å². The first-order valence-corrected chi connectivity index (χ1v) is 9.67. The van der Waals surface area contributed by atoms with Crippen molar-refractivity contribution in [2.75, 3.05) is 0 Å². The van der Waals surface area contributed by atoms with Gasteiger partial charge in [-0.05, 0) is 35.9 Å². The topological polar surface area (TPSA) is 72.2 Å². The van der Waals surface area contributed by atoms with Crippen molar-refractivity contribution in [3.05, 3.63) is 107 Å².